The number of hydrogen-bond acceptors (Lipinski definition) is 5. The molecule has 0 radical (unpaired) electrons. The summed E-state index contributed by atoms with van der Waals surface area (Å²) in [5, 5.41) is 3.01. The number of sulfonamides is 1. The van der Waals surface area contributed by atoms with Gasteiger partial charge in [0.15, 0.2) is 0 Å². The molecule has 4 aromatic carbocycles. The summed E-state index contributed by atoms with van der Waals surface area (Å²) in [6.07, 6.45) is 1.94. The standard InChI is InChI=1S/C36H40BrN3O5S/c1-3-5-23-38-36(42)33(25-28-15-8-6-9-16-28)39(26-29-17-14-18-30(37)24-29)35(41)27-40(32-21-12-13-22-34(32)45-4-2)46(43,44)31-19-10-7-11-20-31/h6-22,24,33H,3-5,23,25-27H2,1-2H3,(H,38,42)/t33-/m1/s1. The zero-order valence-electron chi connectivity index (χ0n) is 26.1. The van der Waals surface area contributed by atoms with Crippen LogP contribution in [-0.2, 0) is 32.6 Å². The predicted octanol–water partition coefficient (Wildman–Crippen LogP) is 6.60. The minimum Gasteiger partial charge on any atom is -0.492 e. The smallest absolute Gasteiger partial charge is 0.264 e. The lowest BCUT2D eigenvalue weighted by Crippen LogP contribution is -2.53. The summed E-state index contributed by atoms with van der Waals surface area (Å²) in [4.78, 5) is 30.0. The fourth-order valence-electron chi connectivity index (χ4n) is 5.07. The van der Waals surface area contributed by atoms with Crippen LogP contribution in [0.5, 0.6) is 5.75 Å². The van der Waals surface area contributed by atoms with E-state index in [0.717, 1.165) is 32.7 Å². The molecule has 1 atom stereocenters. The first kappa shape index (κ1) is 34.7. The molecule has 0 aliphatic rings. The molecular weight excluding hydrogens is 666 g/mol. The van der Waals surface area contributed by atoms with E-state index in [0.29, 0.717) is 18.9 Å². The summed E-state index contributed by atoms with van der Waals surface area (Å²) < 4.78 is 36.2. The van der Waals surface area contributed by atoms with Crippen LogP contribution in [0.3, 0.4) is 0 Å². The van der Waals surface area contributed by atoms with E-state index in [9.17, 15) is 18.0 Å². The summed E-state index contributed by atoms with van der Waals surface area (Å²) in [7, 11) is -4.23. The molecule has 10 heteroatoms. The first-order valence-corrected chi connectivity index (χ1v) is 17.6. The van der Waals surface area contributed by atoms with Crippen LogP contribution in [-0.4, -0.2) is 50.9 Å². The van der Waals surface area contributed by atoms with Gasteiger partial charge in [-0.15, -0.1) is 0 Å². The van der Waals surface area contributed by atoms with Gasteiger partial charge in [-0.25, -0.2) is 8.42 Å². The van der Waals surface area contributed by atoms with Gasteiger partial charge in [0.2, 0.25) is 11.8 Å². The molecule has 0 heterocycles. The van der Waals surface area contributed by atoms with Crippen LogP contribution in [0, 0.1) is 0 Å². The Morgan fingerprint density at radius 3 is 2.17 bits per heavy atom. The molecule has 0 unspecified atom stereocenters. The summed E-state index contributed by atoms with van der Waals surface area (Å²) >= 11 is 3.51. The number of amides is 2. The zero-order valence-corrected chi connectivity index (χ0v) is 28.5. The summed E-state index contributed by atoms with van der Waals surface area (Å²) in [5.74, 6) is -0.501. The molecule has 0 bridgehead atoms. The van der Waals surface area contributed by atoms with E-state index in [4.69, 9.17) is 4.74 Å². The average Bonchev–Trinajstić information content (AvgIpc) is 3.06. The predicted molar refractivity (Wildman–Crippen MR) is 185 cm³/mol. The fourth-order valence-corrected chi connectivity index (χ4v) is 6.96. The Kier molecular flexibility index (Phi) is 12.8. The second-order valence-electron chi connectivity index (χ2n) is 10.7. The normalized spacial score (nSPS) is 11.8. The van der Waals surface area contributed by atoms with Crippen molar-refractivity contribution in [3.8, 4) is 5.75 Å². The number of nitrogens with one attached hydrogen (secondary N) is 1. The number of unbranched alkanes of at least 4 members (excludes halogenated alkanes) is 1. The molecule has 0 fully saturated rings. The number of anilines is 1. The maximum atomic E-state index is 14.6. The quantitative estimate of drug-likeness (QED) is 0.133. The molecule has 46 heavy (non-hydrogen) atoms. The van der Waals surface area contributed by atoms with Crippen LogP contribution in [0.1, 0.15) is 37.8 Å². The molecule has 0 aromatic heterocycles. The summed E-state index contributed by atoms with van der Waals surface area (Å²) in [6, 6.07) is 30.8. The summed E-state index contributed by atoms with van der Waals surface area (Å²) in [6.45, 7) is 4.15. The number of halogens is 1. The molecule has 0 aliphatic heterocycles. The average molecular weight is 707 g/mol. The van der Waals surface area contributed by atoms with Gasteiger partial charge in [-0.3, -0.25) is 13.9 Å². The van der Waals surface area contributed by atoms with Crippen molar-refractivity contribution in [1.82, 2.24) is 10.2 Å². The monoisotopic (exact) mass is 705 g/mol. The van der Waals surface area contributed by atoms with Crippen LogP contribution in [0.15, 0.2) is 119 Å². The van der Waals surface area contributed by atoms with Gasteiger partial charge < -0.3 is 15.0 Å². The second kappa shape index (κ2) is 17.0. The largest absolute Gasteiger partial charge is 0.492 e. The van der Waals surface area contributed by atoms with E-state index in [2.05, 4.69) is 21.2 Å². The first-order chi connectivity index (χ1) is 22.2. The van der Waals surface area contributed by atoms with Gasteiger partial charge in [0, 0.05) is 24.0 Å². The lowest BCUT2D eigenvalue weighted by molar-refractivity contribution is -0.140. The highest BCUT2D eigenvalue weighted by atomic mass is 79.9. The van der Waals surface area contributed by atoms with Gasteiger partial charge in [0.05, 0.1) is 17.2 Å². The van der Waals surface area contributed by atoms with E-state index in [-0.39, 0.29) is 29.5 Å². The van der Waals surface area contributed by atoms with E-state index in [1.807, 2.05) is 68.4 Å². The molecular formula is C36H40BrN3O5S. The van der Waals surface area contributed by atoms with Crippen molar-refractivity contribution < 1.29 is 22.7 Å². The van der Waals surface area contributed by atoms with Crippen molar-refractivity contribution in [2.24, 2.45) is 0 Å². The zero-order chi connectivity index (χ0) is 32.9. The Labute approximate surface area is 280 Å². The third-order valence-corrected chi connectivity index (χ3v) is 9.65. The Balaban J connectivity index is 1.82. The molecule has 2 amide bonds. The number of ether oxygens (including phenoxy) is 1. The Morgan fingerprint density at radius 2 is 1.50 bits per heavy atom. The highest BCUT2D eigenvalue weighted by Crippen LogP contribution is 2.33. The van der Waals surface area contributed by atoms with Crippen molar-refractivity contribution in [2.45, 2.75) is 50.6 Å². The topological polar surface area (TPSA) is 96.0 Å². The van der Waals surface area contributed by atoms with Crippen LogP contribution in [0.25, 0.3) is 0 Å². The number of nitrogens with zero attached hydrogens (tertiary/aromatic N) is 2. The number of carbonyl (C=O) groups is 2. The molecule has 4 aromatic rings. The minimum atomic E-state index is -4.23. The maximum absolute atomic E-state index is 14.6. The van der Waals surface area contributed by atoms with Crippen LogP contribution in [0.2, 0.25) is 0 Å². The van der Waals surface area contributed by atoms with Crippen molar-refractivity contribution in [1.29, 1.82) is 0 Å². The molecule has 242 valence electrons. The van der Waals surface area contributed by atoms with E-state index in [1.165, 1.54) is 17.0 Å². The highest BCUT2D eigenvalue weighted by Gasteiger charge is 2.35. The Hall–Kier alpha value is -4.15. The van der Waals surface area contributed by atoms with Crippen molar-refractivity contribution in [3.63, 3.8) is 0 Å². The molecule has 0 spiro atoms. The van der Waals surface area contributed by atoms with Gasteiger partial charge >= 0.3 is 0 Å². The third kappa shape index (κ3) is 9.20. The van der Waals surface area contributed by atoms with Gasteiger partial charge in [-0.1, -0.05) is 102 Å². The Morgan fingerprint density at radius 1 is 0.848 bits per heavy atom. The number of para-hydroxylation sites is 2. The third-order valence-electron chi connectivity index (χ3n) is 7.39. The number of rotatable bonds is 16. The fraction of sp³-hybridized carbons (Fsp3) is 0.278. The summed E-state index contributed by atoms with van der Waals surface area (Å²) in [5.41, 5.74) is 1.89. The second-order valence-corrected chi connectivity index (χ2v) is 13.5. The molecule has 0 aliphatic carbocycles. The number of benzene rings is 4. The van der Waals surface area contributed by atoms with Gasteiger partial charge in [0.25, 0.3) is 10.0 Å². The molecule has 1 N–H and O–H groups in total. The highest BCUT2D eigenvalue weighted by molar-refractivity contribution is 9.10. The van der Waals surface area contributed by atoms with Crippen molar-refractivity contribution >= 4 is 43.5 Å². The lowest BCUT2D eigenvalue weighted by Gasteiger charge is -2.34. The molecule has 4 rings (SSSR count). The van der Waals surface area contributed by atoms with E-state index < -0.39 is 28.5 Å². The molecule has 0 saturated heterocycles. The number of carbonyl (C=O) groups excluding carboxylic acids is 2. The SMILES string of the molecule is CCCCNC(=O)[C@@H](Cc1ccccc1)N(Cc1cccc(Br)c1)C(=O)CN(c1ccccc1OCC)S(=O)(=O)c1ccccc1. The van der Waals surface area contributed by atoms with Crippen LogP contribution in [0.4, 0.5) is 5.69 Å². The van der Waals surface area contributed by atoms with Gasteiger partial charge in [-0.2, -0.15) is 0 Å². The van der Waals surface area contributed by atoms with Crippen molar-refractivity contribution in [3.05, 3.63) is 125 Å². The van der Waals surface area contributed by atoms with Crippen molar-refractivity contribution in [2.75, 3.05) is 24.0 Å². The maximum Gasteiger partial charge on any atom is 0.264 e. The Bertz CT molecular complexity index is 1690. The molecule has 0 saturated carbocycles. The van der Waals surface area contributed by atoms with Crippen LogP contribution >= 0.6 is 15.9 Å². The molecule has 8 nitrogen and oxygen atoms in total. The minimum absolute atomic E-state index is 0.0331. The van der Waals surface area contributed by atoms with Crippen LogP contribution < -0.4 is 14.4 Å². The number of hydrogen-bond donors (Lipinski definition) is 1. The first-order valence-electron chi connectivity index (χ1n) is 15.4. The van der Waals surface area contributed by atoms with Gasteiger partial charge in [0.1, 0.15) is 18.3 Å². The van der Waals surface area contributed by atoms with Gasteiger partial charge in [-0.05, 0) is 60.9 Å². The lowest BCUT2D eigenvalue weighted by atomic mass is 10.0. The van der Waals surface area contributed by atoms with E-state index >= 15 is 0 Å². The van der Waals surface area contributed by atoms with E-state index in [1.54, 1.807) is 42.5 Å².